The highest BCUT2D eigenvalue weighted by atomic mass is 35.5. The fourth-order valence-electron chi connectivity index (χ4n) is 3.80. The van der Waals surface area contributed by atoms with Crippen LogP contribution in [0.3, 0.4) is 0 Å². The van der Waals surface area contributed by atoms with E-state index >= 15 is 0 Å². The van der Waals surface area contributed by atoms with Crippen molar-refractivity contribution in [3.05, 3.63) is 59.1 Å². The summed E-state index contributed by atoms with van der Waals surface area (Å²) in [4.78, 5) is 15.0. The lowest BCUT2D eigenvalue weighted by molar-refractivity contribution is 0.0932. The van der Waals surface area contributed by atoms with Gasteiger partial charge in [-0.2, -0.15) is 5.10 Å². The molecule has 1 amide bonds. The van der Waals surface area contributed by atoms with Crippen LogP contribution in [0.1, 0.15) is 23.2 Å². The second kappa shape index (κ2) is 9.31. The SMILES string of the molecule is COc1ccc(C(=O)NC2CCCN(c3cc(-c4ccc(Cl)cc4)[nH]n3)C2)cc1OC. The first-order valence-corrected chi connectivity index (χ1v) is 10.5. The largest absolute Gasteiger partial charge is 0.493 e. The van der Waals surface area contributed by atoms with E-state index in [-0.39, 0.29) is 11.9 Å². The molecule has 0 saturated carbocycles. The molecule has 1 saturated heterocycles. The highest BCUT2D eigenvalue weighted by molar-refractivity contribution is 6.30. The Balaban J connectivity index is 1.42. The van der Waals surface area contributed by atoms with Gasteiger partial charge in [0.25, 0.3) is 5.91 Å². The van der Waals surface area contributed by atoms with Gasteiger partial charge in [-0.15, -0.1) is 0 Å². The number of methoxy groups -OCH3 is 2. The minimum atomic E-state index is -0.128. The third-order valence-electron chi connectivity index (χ3n) is 5.45. The number of carbonyl (C=O) groups is 1. The molecule has 1 aromatic heterocycles. The van der Waals surface area contributed by atoms with Crippen LogP contribution in [0.15, 0.2) is 48.5 Å². The maximum Gasteiger partial charge on any atom is 0.251 e. The summed E-state index contributed by atoms with van der Waals surface area (Å²) in [5.74, 6) is 1.87. The molecule has 2 N–H and O–H groups in total. The van der Waals surface area contributed by atoms with Gasteiger partial charge in [0, 0.05) is 35.8 Å². The maximum atomic E-state index is 12.8. The first-order chi connectivity index (χ1) is 15.1. The van der Waals surface area contributed by atoms with E-state index < -0.39 is 0 Å². The number of rotatable bonds is 6. The van der Waals surface area contributed by atoms with Crippen molar-refractivity contribution in [2.24, 2.45) is 0 Å². The van der Waals surface area contributed by atoms with Gasteiger partial charge in [0.1, 0.15) is 0 Å². The van der Waals surface area contributed by atoms with Crippen LogP contribution in [0.4, 0.5) is 5.82 Å². The average Bonchev–Trinajstić information content (AvgIpc) is 3.29. The maximum absolute atomic E-state index is 12.8. The Morgan fingerprint density at radius 1 is 1.13 bits per heavy atom. The van der Waals surface area contributed by atoms with Crippen molar-refractivity contribution in [3.8, 4) is 22.8 Å². The monoisotopic (exact) mass is 440 g/mol. The van der Waals surface area contributed by atoms with Crippen LogP contribution in [-0.4, -0.2) is 49.5 Å². The van der Waals surface area contributed by atoms with Crippen LogP contribution < -0.4 is 19.7 Å². The summed E-state index contributed by atoms with van der Waals surface area (Å²) in [6, 6.07) is 14.9. The highest BCUT2D eigenvalue weighted by Gasteiger charge is 2.24. The van der Waals surface area contributed by atoms with Crippen LogP contribution in [0.5, 0.6) is 11.5 Å². The van der Waals surface area contributed by atoms with E-state index in [0.717, 1.165) is 36.5 Å². The van der Waals surface area contributed by atoms with E-state index in [9.17, 15) is 4.79 Å². The summed E-state index contributed by atoms with van der Waals surface area (Å²) >= 11 is 5.98. The minimum absolute atomic E-state index is 0.0324. The highest BCUT2D eigenvalue weighted by Crippen LogP contribution is 2.28. The lowest BCUT2D eigenvalue weighted by Gasteiger charge is -2.33. The van der Waals surface area contributed by atoms with Crippen molar-refractivity contribution < 1.29 is 14.3 Å². The summed E-state index contributed by atoms with van der Waals surface area (Å²) in [6.07, 6.45) is 1.89. The number of benzene rings is 2. The van der Waals surface area contributed by atoms with Crippen molar-refractivity contribution in [2.45, 2.75) is 18.9 Å². The summed E-state index contributed by atoms with van der Waals surface area (Å²) in [6.45, 7) is 1.59. The molecule has 1 unspecified atom stereocenters. The zero-order chi connectivity index (χ0) is 21.8. The molecule has 0 aliphatic carbocycles. The zero-order valence-electron chi connectivity index (χ0n) is 17.5. The Bertz CT molecular complexity index is 1050. The summed E-state index contributed by atoms with van der Waals surface area (Å²) in [5, 5.41) is 11.4. The number of halogens is 1. The number of nitrogens with one attached hydrogen (secondary N) is 2. The average molecular weight is 441 g/mol. The summed E-state index contributed by atoms with van der Waals surface area (Å²) in [7, 11) is 3.13. The molecule has 3 aromatic rings. The van der Waals surface area contributed by atoms with Gasteiger partial charge in [-0.1, -0.05) is 23.7 Å². The molecule has 162 valence electrons. The Morgan fingerprint density at radius 2 is 1.90 bits per heavy atom. The number of hydrogen-bond acceptors (Lipinski definition) is 5. The fourth-order valence-corrected chi connectivity index (χ4v) is 3.93. The Kier molecular flexibility index (Phi) is 6.32. The van der Waals surface area contributed by atoms with E-state index in [4.69, 9.17) is 21.1 Å². The normalized spacial score (nSPS) is 16.1. The number of aromatic nitrogens is 2. The molecule has 1 aliphatic rings. The van der Waals surface area contributed by atoms with Crippen molar-refractivity contribution in [2.75, 3.05) is 32.2 Å². The molecule has 7 nitrogen and oxygen atoms in total. The molecule has 1 fully saturated rings. The first-order valence-electron chi connectivity index (χ1n) is 10.2. The van der Waals surface area contributed by atoms with Crippen molar-refractivity contribution in [1.82, 2.24) is 15.5 Å². The molecule has 31 heavy (non-hydrogen) atoms. The van der Waals surface area contributed by atoms with Gasteiger partial charge in [-0.25, -0.2) is 0 Å². The second-order valence-corrected chi connectivity index (χ2v) is 7.91. The number of amides is 1. The number of hydrogen-bond donors (Lipinski definition) is 2. The Labute approximate surface area is 186 Å². The molecule has 0 spiro atoms. The van der Waals surface area contributed by atoms with Crippen molar-refractivity contribution in [1.29, 1.82) is 0 Å². The van der Waals surface area contributed by atoms with Crippen molar-refractivity contribution in [3.63, 3.8) is 0 Å². The van der Waals surface area contributed by atoms with Crippen LogP contribution in [0.25, 0.3) is 11.3 Å². The van der Waals surface area contributed by atoms with Gasteiger partial charge in [-0.05, 0) is 48.7 Å². The number of carbonyl (C=O) groups excluding carboxylic acids is 1. The smallest absolute Gasteiger partial charge is 0.251 e. The lowest BCUT2D eigenvalue weighted by atomic mass is 10.0. The first kappa shape index (κ1) is 21.1. The number of nitrogens with zero attached hydrogens (tertiary/aromatic N) is 2. The Morgan fingerprint density at radius 3 is 2.65 bits per heavy atom. The predicted octanol–water partition coefficient (Wildman–Crippen LogP) is 4.15. The molecule has 0 radical (unpaired) electrons. The van der Waals surface area contributed by atoms with Crippen LogP contribution in [0, 0.1) is 0 Å². The van der Waals surface area contributed by atoms with E-state index in [2.05, 4.69) is 20.4 Å². The van der Waals surface area contributed by atoms with E-state index in [1.165, 1.54) is 0 Å². The summed E-state index contributed by atoms with van der Waals surface area (Å²) in [5.41, 5.74) is 2.50. The standard InChI is InChI=1S/C23H25ClN4O3/c1-30-20-10-7-16(12-21(20)31-2)23(29)25-18-4-3-11-28(14-18)22-13-19(26-27-22)15-5-8-17(24)9-6-15/h5-10,12-13,18H,3-4,11,14H2,1-2H3,(H,25,29)(H,26,27). The van der Waals surface area contributed by atoms with E-state index in [0.29, 0.717) is 28.6 Å². The quantitative estimate of drug-likeness (QED) is 0.602. The molecular formula is C23H25ClN4O3. The zero-order valence-corrected chi connectivity index (χ0v) is 18.3. The van der Waals surface area contributed by atoms with E-state index in [1.807, 2.05) is 30.3 Å². The van der Waals surface area contributed by atoms with Crippen molar-refractivity contribution >= 4 is 23.3 Å². The number of aromatic amines is 1. The third-order valence-corrected chi connectivity index (χ3v) is 5.70. The third kappa shape index (κ3) is 4.77. The number of anilines is 1. The predicted molar refractivity (Wildman–Crippen MR) is 121 cm³/mol. The van der Waals surface area contributed by atoms with Gasteiger partial charge in [0.05, 0.1) is 19.9 Å². The molecule has 2 aromatic carbocycles. The molecular weight excluding hydrogens is 416 g/mol. The fraction of sp³-hybridized carbons (Fsp3) is 0.304. The van der Waals surface area contributed by atoms with Gasteiger partial charge < -0.3 is 19.7 Å². The topological polar surface area (TPSA) is 79.5 Å². The Hall–Kier alpha value is -3.19. The van der Waals surface area contributed by atoms with Gasteiger partial charge >= 0.3 is 0 Å². The van der Waals surface area contributed by atoms with Crippen LogP contribution in [-0.2, 0) is 0 Å². The number of ether oxygens (including phenoxy) is 2. The van der Waals surface area contributed by atoms with Gasteiger partial charge in [-0.3, -0.25) is 9.89 Å². The van der Waals surface area contributed by atoms with E-state index in [1.54, 1.807) is 32.4 Å². The molecule has 1 aliphatic heterocycles. The molecule has 4 rings (SSSR count). The summed E-state index contributed by atoms with van der Waals surface area (Å²) < 4.78 is 10.5. The lowest BCUT2D eigenvalue weighted by Crippen LogP contribution is -2.48. The van der Waals surface area contributed by atoms with Crippen LogP contribution >= 0.6 is 11.6 Å². The molecule has 1 atom stereocenters. The second-order valence-electron chi connectivity index (χ2n) is 7.48. The molecule has 0 bridgehead atoms. The number of piperidine rings is 1. The van der Waals surface area contributed by atoms with Gasteiger partial charge in [0.15, 0.2) is 17.3 Å². The van der Waals surface area contributed by atoms with Crippen LogP contribution in [0.2, 0.25) is 5.02 Å². The molecule has 8 heteroatoms. The number of H-pyrrole nitrogens is 1. The minimum Gasteiger partial charge on any atom is -0.493 e. The molecule has 2 heterocycles. The van der Waals surface area contributed by atoms with Gasteiger partial charge in [0.2, 0.25) is 0 Å².